The number of nitrogens with two attached hydrogens (primary N) is 1. The summed E-state index contributed by atoms with van der Waals surface area (Å²) in [6.45, 7) is 0.253. The van der Waals surface area contributed by atoms with E-state index in [0.717, 1.165) is 34.9 Å². The van der Waals surface area contributed by atoms with Gasteiger partial charge in [0.25, 0.3) is 0 Å². The Morgan fingerprint density at radius 2 is 1.97 bits per heavy atom. The number of thioether (sulfide) groups is 1. The van der Waals surface area contributed by atoms with Crippen molar-refractivity contribution in [3.05, 3.63) is 58.3 Å². The van der Waals surface area contributed by atoms with Gasteiger partial charge in [-0.25, -0.2) is 22.8 Å². The first kappa shape index (κ1) is 21.5. The lowest BCUT2D eigenvalue weighted by Crippen LogP contribution is -2.24. The molecule has 7 nitrogen and oxygen atoms in total. The molecule has 0 saturated heterocycles. The maximum Gasteiger partial charge on any atom is 0.230 e. The predicted molar refractivity (Wildman–Crippen MR) is 110 cm³/mol. The zero-order valence-corrected chi connectivity index (χ0v) is 17.8. The van der Waals surface area contributed by atoms with Crippen molar-refractivity contribution in [3.63, 3.8) is 0 Å². The molecular weight excluding hydrogens is 459 g/mol. The Kier molecular flexibility index (Phi) is 6.73. The van der Waals surface area contributed by atoms with Crippen LogP contribution in [0.15, 0.2) is 56.9 Å². The summed E-state index contributed by atoms with van der Waals surface area (Å²) in [5, 5.41) is 2.86. The summed E-state index contributed by atoms with van der Waals surface area (Å²) < 4.78 is 38.4. The Hall–Kier alpha value is -2.21. The Labute approximate surface area is 179 Å². The van der Waals surface area contributed by atoms with E-state index in [0.29, 0.717) is 4.34 Å². The third kappa shape index (κ3) is 5.44. The Balaban J connectivity index is 1.60. The second kappa shape index (κ2) is 9.08. The summed E-state index contributed by atoms with van der Waals surface area (Å²) in [5.74, 6) is -0.837. The number of carbonyl (C=O) groups excluding carboxylic acids is 1. The summed E-state index contributed by atoms with van der Waals surface area (Å²) in [5.41, 5.74) is 6.56. The molecule has 0 spiro atoms. The molecule has 0 aliphatic carbocycles. The molecule has 0 atom stereocenters. The zero-order chi connectivity index (χ0) is 21.0. The molecule has 0 fully saturated rings. The van der Waals surface area contributed by atoms with E-state index in [1.165, 1.54) is 24.3 Å². The summed E-state index contributed by atoms with van der Waals surface area (Å²) >= 11 is 7.72. The van der Waals surface area contributed by atoms with Crippen LogP contribution in [-0.2, 0) is 21.2 Å². The largest absolute Gasteiger partial charge is 0.382 e. The van der Waals surface area contributed by atoms with Gasteiger partial charge in [0.2, 0.25) is 15.7 Å². The first-order valence-electron chi connectivity index (χ1n) is 8.02. The molecule has 3 aromatic rings. The molecule has 1 amide bonds. The number of sulfone groups is 1. The van der Waals surface area contributed by atoms with Crippen LogP contribution in [0.2, 0.25) is 4.34 Å². The van der Waals surface area contributed by atoms with Crippen LogP contribution in [0.4, 0.5) is 10.2 Å². The van der Waals surface area contributed by atoms with Crippen molar-refractivity contribution in [2.75, 3.05) is 11.5 Å². The van der Waals surface area contributed by atoms with Gasteiger partial charge in [-0.3, -0.25) is 4.79 Å². The van der Waals surface area contributed by atoms with Gasteiger partial charge in [0.1, 0.15) is 20.7 Å². The number of halogens is 2. The van der Waals surface area contributed by atoms with Crippen molar-refractivity contribution in [3.8, 4) is 0 Å². The normalized spacial score (nSPS) is 11.4. The third-order valence-electron chi connectivity index (χ3n) is 3.60. The van der Waals surface area contributed by atoms with Crippen molar-refractivity contribution in [1.29, 1.82) is 0 Å². The lowest BCUT2D eigenvalue weighted by atomic mass is 10.2. The highest BCUT2D eigenvalue weighted by Crippen LogP contribution is 2.32. The number of hydrogen-bond acceptors (Lipinski definition) is 8. The quantitative estimate of drug-likeness (QED) is 0.401. The molecule has 0 unspecified atom stereocenters. The number of aromatic nitrogens is 2. The van der Waals surface area contributed by atoms with E-state index >= 15 is 0 Å². The lowest BCUT2D eigenvalue weighted by molar-refractivity contribution is -0.118. The van der Waals surface area contributed by atoms with E-state index in [9.17, 15) is 17.6 Å². The average Bonchev–Trinajstić information content (AvgIpc) is 3.13. The van der Waals surface area contributed by atoms with Crippen molar-refractivity contribution in [2.45, 2.75) is 20.8 Å². The van der Waals surface area contributed by atoms with Crippen LogP contribution >= 0.6 is 34.7 Å². The van der Waals surface area contributed by atoms with E-state index in [1.807, 2.05) is 0 Å². The van der Waals surface area contributed by atoms with Crippen LogP contribution in [-0.4, -0.2) is 30.0 Å². The summed E-state index contributed by atoms with van der Waals surface area (Å²) in [7, 11) is -3.87. The van der Waals surface area contributed by atoms with Gasteiger partial charge >= 0.3 is 0 Å². The van der Waals surface area contributed by atoms with Gasteiger partial charge in [-0.2, -0.15) is 0 Å². The van der Waals surface area contributed by atoms with Crippen LogP contribution in [0.5, 0.6) is 0 Å². The Morgan fingerprint density at radius 1 is 1.24 bits per heavy atom. The fraction of sp³-hybridized carbons (Fsp3) is 0.118. The molecule has 0 bridgehead atoms. The molecule has 2 heterocycles. The van der Waals surface area contributed by atoms with Gasteiger partial charge in [0, 0.05) is 6.54 Å². The van der Waals surface area contributed by atoms with Crippen LogP contribution in [0.25, 0.3) is 0 Å². The SMILES string of the molecule is Nc1nc(SCC(=O)NCc2ccc(F)cc2)ncc1S(=O)(=O)c1ccc(Cl)s1. The topological polar surface area (TPSA) is 115 Å². The molecule has 152 valence electrons. The lowest BCUT2D eigenvalue weighted by Gasteiger charge is -2.07. The summed E-state index contributed by atoms with van der Waals surface area (Å²) in [6.07, 6.45) is 1.12. The van der Waals surface area contributed by atoms with Crippen molar-refractivity contribution in [1.82, 2.24) is 15.3 Å². The minimum Gasteiger partial charge on any atom is -0.382 e. The molecular formula is C17H14ClFN4O3S3. The number of hydrogen-bond donors (Lipinski definition) is 2. The molecule has 0 saturated carbocycles. The number of thiophene rings is 1. The smallest absolute Gasteiger partial charge is 0.230 e. The van der Waals surface area contributed by atoms with Crippen LogP contribution in [0.1, 0.15) is 5.56 Å². The van der Waals surface area contributed by atoms with Gasteiger partial charge in [-0.15, -0.1) is 11.3 Å². The maximum atomic E-state index is 12.9. The second-order valence-corrected chi connectivity index (χ2v) is 10.5. The average molecular weight is 473 g/mol. The molecule has 3 rings (SSSR count). The molecule has 12 heteroatoms. The van der Waals surface area contributed by atoms with Gasteiger partial charge in [-0.1, -0.05) is 35.5 Å². The monoisotopic (exact) mass is 472 g/mol. The number of nitrogens with zero attached hydrogens (tertiary/aromatic N) is 2. The van der Waals surface area contributed by atoms with Crippen molar-refractivity contribution >= 4 is 56.3 Å². The fourth-order valence-corrected chi connectivity index (χ4v) is 5.70. The summed E-state index contributed by atoms with van der Waals surface area (Å²) in [4.78, 5) is 19.7. The molecule has 3 N–H and O–H groups in total. The number of nitrogen functional groups attached to an aromatic ring is 1. The first-order chi connectivity index (χ1) is 13.8. The number of rotatable bonds is 7. The summed E-state index contributed by atoms with van der Waals surface area (Å²) in [6, 6.07) is 8.64. The van der Waals surface area contributed by atoms with Gasteiger partial charge in [0.05, 0.1) is 16.3 Å². The number of anilines is 1. The fourth-order valence-electron chi connectivity index (χ4n) is 2.18. The Morgan fingerprint density at radius 3 is 2.59 bits per heavy atom. The van der Waals surface area contributed by atoms with E-state index in [-0.39, 0.29) is 44.1 Å². The first-order valence-corrected chi connectivity index (χ1v) is 11.7. The van der Waals surface area contributed by atoms with Crippen molar-refractivity contribution in [2.24, 2.45) is 0 Å². The minimum absolute atomic E-state index is 0.00721. The number of amides is 1. The van der Waals surface area contributed by atoms with Gasteiger partial charge in [-0.05, 0) is 29.8 Å². The number of nitrogens with one attached hydrogen (secondary N) is 1. The van der Waals surface area contributed by atoms with E-state index in [4.69, 9.17) is 17.3 Å². The van der Waals surface area contributed by atoms with Gasteiger partial charge in [0.15, 0.2) is 5.16 Å². The van der Waals surface area contributed by atoms with Crippen molar-refractivity contribution < 1.29 is 17.6 Å². The molecule has 2 aromatic heterocycles. The number of carbonyl (C=O) groups is 1. The maximum absolute atomic E-state index is 12.9. The van der Waals surface area contributed by atoms with E-state index in [2.05, 4.69) is 15.3 Å². The van der Waals surface area contributed by atoms with Gasteiger partial charge < -0.3 is 11.1 Å². The van der Waals surface area contributed by atoms with Crippen LogP contribution in [0.3, 0.4) is 0 Å². The minimum atomic E-state index is -3.87. The molecule has 1 aromatic carbocycles. The standard InChI is InChI=1S/C17H14ClFN4O3S3/c18-13-5-6-15(28-13)29(25,26)12-8-22-17(23-16(12)20)27-9-14(24)21-7-10-1-3-11(19)4-2-10/h1-6,8H,7,9H2,(H,21,24)(H2,20,22,23). The highest BCUT2D eigenvalue weighted by Gasteiger charge is 2.24. The molecule has 0 aliphatic rings. The third-order valence-corrected chi connectivity index (χ3v) is 7.95. The van der Waals surface area contributed by atoms with E-state index < -0.39 is 9.84 Å². The highest BCUT2D eigenvalue weighted by molar-refractivity contribution is 7.99. The second-order valence-electron chi connectivity index (χ2n) is 5.66. The predicted octanol–water partition coefficient (Wildman–Crippen LogP) is 3.15. The van der Waals surface area contributed by atoms with E-state index in [1.54, 1.807) is 12.1 Å². The van der Waals surface area contributed by atoms with Crippen LogP contribution in [0, 0.1) is 5.82 Å². The molecule has 0 radical (unpaired) electrons. The number of benzene rings is 1. The zero-order valence-electron chi connectivity index (χ0n) is 14.6. The van der Waals surface area contributed by atoms with Crippen LogP contribution < -0.4 is 11.1 Å². The highest BCUT2D eigenvalue weighted by atomic mass is 35.5. The molecule has 29 heavy (non-hydrogen) atoms. The Bertz CT molecular complexity index is 1140. The molecule has 0 aliphatic heterocycles.